The summed E-state index contributed by atoms with van der Waals surface area (Å²) in [7, 11) is 0. The molecule has 2 rings (SSSR count). The van der Waals surface area contributed by atoms with Crippen molar-refractivity contribution in [3.05, 3.63) is 33.9 Å². The van der Waals surface area contributed by atoms with Crippen molar-refractivity contribution in [1.82, 2.24) is 5.32 Å². The van der Waals surface area contributed by atoms with Crippen LogP contribution in [0.1, 0.15) is 48.9 Å². The lowest BCUT2D eigenvalue weighted by molar-refractivity contribution is -0.387. The Kier molecular flexibility index (Phi) is 5.61. The van der Waals surface area contributed by atoms with Crippen molar-refractivity contribution in [1.29, 1.82) is 0 Å². The van der Waals surface area contributed by atoms with Gasteiger partial charge < -0.3 is 5.32 Å². The van der Waals surface area contributed by atoms with Crippen molar-refractivity contribution in [2.24, 2.45) is 0 Å². The van der Waals surface area contributed by atoms with Gasteiger partial charge in [0.05, 0.1) is 9.82 Å². The number of nitro benzene ring substituents is 1. The third kappa shape index (κ3) is 4.20. The summed E-state index contributed by atoms with van der Waals surface area (Å²) in [6.07, 6.45) is 8.49. The van der Waals surface area contributed by atoms with Crippen molar-refractivity contribution in [2.45, 2.75) is 49.5 Å². The molecule has 114 valence electrons. The van der Waals surface area contributed by atoms with Crippen LogP contribution in [0.15, 0.2) is 23.1 Å². The predicted octanol–water partition coefficient (Wildman–Crippen LogP) is 3.77. The van der Waals surface area contributed by atoms with E-state index in [-0.39, 0.29) is 17.6 Å². The topological polar surface area (TPSA) is 72.2 Å². The van der Waals surface area contributed by atoms with Gasteiger partial charge >= 0.3 is 0 Å². The maximum absolute atomic E-state index is 12.3. The Morgan fingerprint density at radius 1 is 1.29 bits per heavy atom. The molecule has 0 aliphatic heterocycles. The zero-order chi connectivity index (χ0) is 15.2. The summed E-state index contributed by atoms with van der Waals surface area (Å²) in [5, 5.41) is 14.1. The molecule has 0 atom stereocenters. The van der Waals surface area contributed by atoms with E-state index in [2.05, 4.69) is 5.32 Å². The Hall–Kier alpha value is -1.56. The molecule has 1 aliphatic rings. The molecule has 5 nitrogen and oxygen atoms in total. The minimum absolute atomic E-state index is 0.00369. The standard InChI is InChI=1S/C15H20N2O3S/c1-21-14-9-8-11(10-13(14)17(19)20)15(18)16-12-6-4-2-3-5-7-12/h8-10,12H,2-7H2,1H3,(H,16,18). The van der Waals surface area contributed by atoms with E-state index in [0.717, 1.165) is 25.7 Å². The number of nitrogens with zero attached hydrogens (tertiary/aromatic N) is 1. The summed E-state index contributed by atoms with van der Waals surface area (Å²) in [6, 6.07) is 4.87. The molecule has 1 aromatic carbocycles. The molecule has 1 amide bonds. The van der Waals surface area contributed by atoms with Crippen LogP contribution in [0, 0.1) is 10.1 Å². The number of benzene rings is 1. The second-order valence-corrected chi connectivity index (χ2v) is 6.15. The minimum Gasteiger partial charge on any atom is -0.349 e. The van der Waals surface area contributed by atoms with Crippen molar-refractivity contribution in [3.63, 3.8) is 0 Å². The van der Waals surface area contributed by atoms with Crippen molar-refractivity contribution in [2.75, 3.05) is 6.26 Å². The fourth-order valence-electron chi connectivity index (χ4n) is 2.67. The van der Waals surface area contributed by atoms with E-state index in [9.17, 15) is 14.9 Å². The van der Waals surface area contributed by atoms with Crippen molar-refractivity contribution >= 4 is 23.4 Å². The number of hydrogen-bond donors (Lipinski definition) is 1. The third-order valence-corrected chi connectivity index (χ3v) is 4.61. The summed E-state index contributed by atoms with van der Waals surface area (Å²) < 4.78 is 0. The molecule has 0 bridgehead atoms. The van der Waals surface area contributed by atoms with E-state index in [1.807, 2.05) is 0 Å². The second kappa shape index (κ2) is 7.45. The summed E-state index contributed by atoms with van der Waals surface area (Å²) in [5.74, 6) is -0.211. The van der Waals surface area contributed by atoms with Gasteiger partial charge in [0.15, 0.2) is 0 Å². The molecule has 0 saturated heterocycles. The maximum atomic E-state index is 12.3. The van der Waals surface area contributed by atoms with Gasteiger partial charge in [-0.25, -0.2) is 0 Å². The Labute approximate surface area is 128 Å². The van der Waals surface area contributed by atoms with Crippen LogP contribution < -0.4 is 5.32 Å². The van der Waals surface area contributed by atoms with Crippen LogP contribution in [-0.2, 0) is 0 Å². The van der Waals surface area contributed by atoms with E-state index in [1.54, 1.807) is 18.4 Å². The van der Waals surface area contributed by atoms with Crippen LogP contribution in [0.5, 0.6) is 0 Å². The SMILES string of the molecule is CSc1ccc(C(=O)NC2CCCCCC2)cc1[N+](=O)[O-]. The Bertz CT molecular complexity index is 526. The van der Waals surface area contributed by atoms with Crippen molar-refractivity contribution in [3.8, 4) is 0 Å². The molecule has 0 heterocycles. The average Bonchev–Trinajstić information content (AvgIpc) is 2.75. The number of amides is 1. The molecule has 1 fully saturated rings. The number of carbonyl (C=O) groups excluding carboxylic acids is 1. The Morgan fingerprint density at radius 2 is 1.95 bits per heavy atom. The quantitative estimate of drug-likeness (QED) is 0.398. The second-order valence-electron chi connectivity index (χ2n) is 5.31. The number of rotatable bonds is 4. The zero-order valence-electron chi connectivity index (χ0n) is 12.1. The van der Waals surface area contributed by atoms with Gasteiger partial charge in [-0.1, -0.05) is 25.7 Å². The van der Waals surface area contributed by atoms with Gasteiger partial charge in [-0.3, -0.25) is 14.9 Å². The highest BCUT2D eigenvalue weighted by molar-refractivity contribution is 7.98. The van der Waals surface area contributed by atoms with Gasteiger partial charge in [-0.2, -0.15) is 0 Å². The number of nitrogens with one attached hydrogen (secondary N) is 1. The van der Waals surface area contributed by atoms with Gasteiger partial charge in [0.1, 0.15) is 0 Å². The molecule has 21 heavy (non-hydrogen) atoms. The van der Waals surface area contributed by atoms with E-state index in [4.69, 9.17) is 0 Å². The van der Waals surface area contributed by atoms with Crippen LogP contribution in [0.4, 0.5) is 5.69 Å². The van der Waals surface area contributed by atoms with Crippen LogP contribution in [0.2, 0.25) is 0 Å². The van der Waals surface area contributed by atoms with Crippen LogP contribution >= 0.6 is 11.8 Å². The summed E-state index contributed by atoms with van der Waals surface area (Å²) in [4.78, 5) is 23.4. The molecule has 1 aliphatic carbocycles. The lowest BCUT2D eigenvalue weighted by Crippen LogP contribution is -2.34. The van der Waals surface area contributed by atoms with Gasteiger partial charge in [0, 0.05) is 17.7 Å². The third-order valence-electron chi connectivity index (χ3n) is 3.83. The highest BCUT2D eigenvalue weighted by atomic mass is 32.2. The molecule has 0 unspecified atom stereocenters. The zero-order valence-corrected chi connectivity index (χ0v) is 12.9. The minimum atomic E-state index is -0.436. The van der Waals surface area contributed by atoms with Gasteiger partial charge in [0.2, 0.25) is 0 Å². The molecular formula is C15H20N2O3S. The number of hydrogen-bond acceptors (Lipinski definition) is 4. The van der Waals surface area contributed by atoms with Gasteiger partial charge in [-0.15, -0.1) is 11.8 Å². The van der Waals surface area contributed by atoms with E-state index in [1.165, 1.54) is 30.7 Å². The lowest BCUT2D eigenvalue weighted by atomic mass is 10.1. The number of nitro groups is 1. The first-order chi connectivity index (χ1) is 10.1. The van der Waals surface area contributed by atoms with Crippen LogP contribution in [0.3, 0.4) is 0 Å². The largest absolute Gasteiger partial charge is 0.349 e. The molecule has 0 spiro atoms. The molecule has 1 saturated carbocycles. The lowest BCUT2D eigenvalue weighted by Gasteiger charge is -2.16. The Balaban J connectivity index is 2.11. The van der Waals surface area contributed by atoms with Crippen LogP contribution in [-0.4, -0.2) is 23.1 Å². The first kappa shape index (κ1) is 15.8. The molecule has 0 aromatic heterocycles. The molecule has 0 radical (unpaired) electrons. The van der Waals surface area contributed by atoms with Gasteiger partial charge in [0.25, 0.3) is 11.6 Å². The smallest absolute Gasteiger partial charge is 0.283 e. The first-order valence-electron chi connectivity index (χ1n) is 7.25. The summed E-state index contributed by atoms with van der Waals surface area (Å²) >= 11 is 1.31. The van der Waals surface area contributed by atoms with Crippen LogP contribution in [0.25, 0.3) is 0 Å². The highest BCUT2D eigenvalue weighted by Gasteiger charge is 2.19. The van der Waals surface area contributed by atoms with E-state index >= 15 is 0 Å². The average molecular weight is 308 g/mol. The predicted molar refractivity (Wildman–Crippen MR) is 83.8 cm³/mol. The van der Waals surface area contributed by atoms with Crippen molar-refractivity contribution < 1.29 is 9.72 Å². The fourth-order valence-corrected chi connectivity index (χ4v) is 3.21. The molecule has 6 heteroatoms. The maximum Gasteiger partial charge on any atom is 0.283 e. The summed E-state index contributed by atoms with van der Waals surface area (Å²) in [5.41, 5.74) is 0.361. The molecular weight excluding hydrogens is 288 g/mol. The normalized spacial score (nSPS) is 16.2. The first-order valence-corrected chi connectivity index (χ1v) is 8.47. The van der Waals surface area contributed by atoms with Gasteiger partial charge in [-0.05, 0) is 31.2 Å². The number of thioether (sulfide) groups is 1. The monoisotopic (exact) mass is 308 g/mol. The molecule has 1 N–H and O–H groups in total. The number of carbonyl (C=O) groups is 1. The van der Waals surface area contributed by atoms with E-state index < -0.39 is 4.92 Å². The highest BCUT2D eigenvalue weighted by Crippen LogP contribution is 2.28. The Morgan fingerprint density at radius 3 is 2.52 bits per heavy atom. The molecule has 1 aromatic rings. The summed E-state index contributed by atoms with van der Waals surface area (Å²) in [6.45, 7) is 0. The van der Waals surface area contributed by atoms with E-state index in [0.29, 0.717) is 10.5 Å². The fraction of sp³-hybridized carbons (Fsp3) is 0.533.